The molecule has 2 aliphatic rings. The van der Waals surface area contributed by atoms with Crippen LogP contribution in [0.1, 0.15) is 39.0 Å². The van der Waals surface area contributed by atoms with Crippen molar-refractivity contribution >= 4 is 11.9 Å². The molecule has 0 aromatic rings. The van der Waals surface area contributed by atoms with Gasteiger partial charge in [0.1, 0.15) is 0 Å². The van der Waals surface area contributed by atoms with Gasteiger partial charge in [-0.2, -0.15) is 0 Å². The van der Waals surface area contributed by atoms with E-state index in [-0.39, 0.29) is 23.8 Å². The molecule has 2 fully saturated rings. The van der Waals surface area contributed by atoms with Gasteiger partial charge in [-0.15, -0.1) is 0 Å². The van der Waals surface area contributed by atoms with Crippen LogP contribution in [0.4, 0.5) is 0 Å². The molecule has 0 aromatic heterocycles. The van der Waals surface area contributed by atoms with E-state index in [1.807, 2.05) is 4.90 Å². The summed E-state index contributed by atoms with van der Waals surface area (Å²) < 4.78 is 4.77. The van der Waals surface area contributed by atoms with Crippen LogP contribution in [0.3, 0.4) is 0 Å². The smallest absolute Gasteiger partial charge is 0.308 e. The fourth-order valence-electron chi connectivity index (χ4n) is 3.56. The maximum absolute atomic E-state index is 12.5. The van der Waals surface area contributed by atoms with E-state index in [0.29, 0.717) is 32.5 Å². The predicted molar refractivity (Wildman–Crippen MR) is 82.2 cm³/mol. The Kier molecular flexibility index (Phi) is 6.20. The van der Waals surface area contributed by atoms with Gasteiger partial charge in [-0.3, -0.25) is 14.5 Å². The Balaban J connectivity index is 1.83. The number of rotatable bonds is 4. The second-order valence-corrected chi connectivity index (χ2v) is 6.45. The second kappa shape index (κ2) is 7.92. The lowest BCUT2D eigenvalue weighted by atomic mass is 9.96. The number of hydrogen-bond donors (Lipinski definition) is 1. The molecule has 6 heteroatoms. The molecule has 0 aliphatic carbocycles. The molecular weight excluding hydrogens is 284 g/mol. The normalized spacial score (nSPS) is 25.8. The average Bonchev–Trinajstić information content (AvgIpc) is 2.54. The Morgan fingerprint density at radius 3 is 2.45 bits per heavy atom. The van der Waals surface area contributed by atoms with E-state index in [1.165, 1.54) is 7.11 Å². The first kappa shape index (κ1) is 17.2. The molecular formula is C16H28N2O4. The molecule has 2 rings (SSSR count). The van der Waals surface area contributed by atoms with E-state index in [0.717, 1.165) is 25.8 Å². The highest BCUT2D eigenvalue weighted by atomic mass is 16.5. The van der Waals surface area contributed by atoms with Crippen molar-refractivity contribution in [2.45, 2.75) is 51.2 Å². The number of esters is 1. The van der Waals surface area contributed by atoms with Crippen LogP contribution < -0.4 is 0 Å². The van der Waals surface area contributed by atoms with Crippen LogP contribution in [0.15, 0.2) is 0 Å². The van der Waals surface area contributed by atoms with Crippen LogP contribution in [0, 0.1) is 5.92 Å². The van der Waals surface area contributed by atoms with Gasteiger partial charge in [-0.25, -0.2) is 0 Å². The number of ether oxygens (including phenoxy) is 1. The van der Waals surface area contributed by atoms with Crippen LogP contribution in [-0.4, -0.2) is 72.2 Å². The van der Waals surface area contributed by atoms with Crippen molar-refractivity contribution in [2.75, 3.05) is 33.3 Å². The highest BCUT2D eigenvalue weighted by Crippen LogP contribution is 2.22. The standard InChI is InChI=1S/C16H28N2O4/c1-12(19)14-5-3-4-8-18(14)11-15(20)17-9-6-13(7-10-17)16(21)22-2/h12-14,19H,3-11H2,1-2H3. The molecule has 0 saturated carbocycles. The van der Waals surface area contributed by atoms with Crippen LogP contribution in [-0.2, 0) is 14.3 Å². The van der Waals surface area contributed by atoms with Crippen LogP contribution >= 0.6 is 0 Å². The maximum Gasteiger partial charge on any atom is 0.308 e. The molecule has 0 radical (unpaired) electrons. The Labute approximate surface area is 132 Å². The first-order valence-corrected chi connectivity index (χ1v) is 8.30. The molecule has 0 bridgehead atoms. The average molecular weight is 312 g/mol. The van der Waals surface area contributed by atoms with Gasteiger partial charge >= 0.3 is 5.97 Å². The number of carbonyl (C=O) groups is 2. The summed E-state index contributed by atoms with van der Waals surface area (Å²) in [6.45, 7) is 4.28. The summed E-state index contributed by atoms with van der Waals surface area (Å²) in [5.41, 5.74) is 0. The van der Waals surface area contributed by atoms with E-state index in [4.69, 9.17) is 4.74 Å². The molecule has 2 atom stereocenters. The number of aliphatic hydroxyl groups is 1. The van der Waals surface area contributed by atoms with Gasteiger partial charge < -0.3 is 14.7 Å². The Morgan fingerprint density at radius 1 is 1.18 bits per heavy atom. The zero-order chi connectivity index (χ0) is 16.1. The van der Waals surface area contributed by atoms with Gasteiger partial charge in [-0.1, -0.05) is 6.42 Å². The second-order valence-electron chi connectivity index (χ2n) is 6.45. The Hall–Kier alpha value is -1.14. The summed E-state index contributed by atoms with van der Waals surface area (Å²) in [5.74, 6) is -0.137. The van der Waals surface area contributed by atoms with Crippen molar-refractivity contribution in [1.29, 1.82) is 0 Å². The lowest BCUT2D eigenvalue weighted by Crippen LogP contribution is -2.51. The number of nitrogens with zero attached hydrogens (tertiary/aromatic N) is 2. The molecule has 2 saturated heterocycles. The Bertz CT molecular complexity index is 392. The summed E-state index contributed by atoms with van der Waals surface area (Å²) >= 11 is 0. The summed E-state index contributed by atoms with van der Waals surface area (Å²) in [6, 6.07) is 0.0882. The van der Waals surface area contributed by atoms with Crippen molar-refractivity contribution in [3.63, 3.8) is 0 Å². The molecule has 0 aromatic carbocycles. The first-order chi connectivity index (χ1) is 10.5. The van der Waals surface area contributed by atoms with E-state index >= 15 is 0 Å². The monoisotopic (exact) mass is 312 g/mol. The van der Waals surface area contributed by atoms with Crippen molar-refractivity contribution in [3.8, 4) is 0 Å². The first-order valence-electron chi connectivity index (χ1n) is 8.30. The number of methoxy groups -OCH3 is 1. The summed E-state index contributed by atoms with van der Waals surface area (Å²) in [4.78, 5) is 27.9. The Morgan fingerprint density at radius 2 is 1.86 bits per heavy atom. The molecule has 1 amide bonds. The van der Waals surface area contributed by atoms with Gasteiger partial charge in [0.05, 0.1) is 25.7 Å². The van der Waals surface area contributed by atoms with Gasteiger partial charge in [0, 0.05) is 19.1 Å². The van der Waals surface area contributed by atoms with E-state index < -0.39 is 6.10 Å². The fraction of sp³-hybridized carbons (Fsp3) is 0.875. The van der Waals surface area contributed by atoms with E-state index in [9.17, 15) is 14.7 Å². The van der Waals surface area contributed by atoms with Gasteiger partial charge in [0.15, 0.2) is 0 Å². The lowest BCUT2D eigenvalue weighted by molar-refractivity contribution is -0.149. The number of amides is 1. The van der Waals surface area contributed by atoms with Crippen molar-refractivity contribution in [3.05, 3.63) is 0 Å². The number of hydrogen-bond acceptors (Lipinski definition) is 5. The molecule has 0 spiro atoms. The van der Waals surface area contributed by atoms with Gasteiger partial charge in [0.25, 0.3) is 0 Å². The SMILES string of the molecule is COC(=O)C1CCN(C(=O)CN2CCCCC2C(C)O)CC1. The predicted octanol–water partition coefficient (Wildman–Crippen LogP) is 0.633. The minimum absolute atomic E-state index is 0.0748. The van der Waals surface area contributed by atoms with Crippen LogP contribution in [0.5, 0.6) is 0 Å². The zero-order valence-corrected chi connectivity index (χ0v) is 13.7. The third kappa shape index (κ3) is 4.20. The zero-order valence-electron chi connectivity index (χ0n) is 13.7. The van der Waals surface area contributed by atoms with Gasteiger partial charge in [0.2, 0.25) is 5.91 Å². The molecule has 126 valence electrons. The molecule has 2 unspecified atom stereocenters. The minimum Gasteiger partial charge on any atom is -0.469 e. The summed E-state index contributed by atoms with van der Waals surface area (Å²) in [5, 5.41) is 9.88. The quantitative estimate of drug-likeness (QED) is 0.771. The molecule has 22 heavy (non-hydrogen) atoms. The topological polar surface area (TPSA) is 70.1 Å². The molecule has 2 heterocycles. The number of likely N-dealkylation sites (tertiary alicyclic amines) is 2. The van der Waals surface area contributed by atoms with Gasteiger partial charge in [-0.05, 0) is 39.2 Å². The highest BCUT2D eigenvalue weighted by molar-refractivity contribution is 5.79. The number of piperidine rings is 2. The fourth-order valence-corrected chi connectivity index (χ4v) is 3.56. The lowest BCUT2D eigenvalue weighted by Gasteiger charge is -2.39. The number of aliphatic hydroxyl groups excluding tert-OH is 1. The van der Waals surface area contributed by atoms with Crippen molar-refractivity contribution in [1.82, 2.24) is 9.80 Å². The van der Waals surface area contributed by atoms with Crippen molar-refractivity contribution in [2.24, 2.45) is 5.92 Å². The van der Waals surface area contributed by atoms with Crippen molar-refractivity contribution < 1.29 is 19.4 Å². The number of carbonyl (C=O) groups excluding carboxylic acids is 2. The third-order valence-corrected chi connectivity index (χ3v) is 4.94. The van der Waals surface area contributed by atoms with Crippen LogP contribution in [0.25, 0.3) is 0 Å². The van der Waals surface area contributed by atoms with E-state index in [2.05, 4.69) is 4.90 Å². The maximum atomic E-state index is 12.5. The molecule has 6 nitrogen and oxygen atoms in total. The highest BCUT2D eigenvalue weighted by Gasteiger charge is 2.31. The summed E-state index contributed by atoms with van der Waals surface area (Å²) in [6.07, 6.45) is 4.11. The van der Waals surface area contributed by atoms with E-state index in [1.54, 1.807) is 6.92 Å². The van der Waals surface area contributed by atoms with Crippen LogP contribution in [0.2, 0.25) is 0 Å². The molecule has 2 aliphatic heterocycles. The third-order valence-electron chi connectivity index (χ3n) is 4.94. The molecule has 1 N–H and O–H groups in total. The largest absolute Gasteiger partial charge is 0.469 e. The minimum atomic E-state index is -0.404. The summed E-state index contributed by atoms with van der Waals surface area (Å²) in [7, 11) is 1.41.